The van der Waals surface area contributed by atoms with Crippen LogP contribution in [-0.2, 0) is 6.54 Å². The van der Waals surface area contributed by atoms with Crippen molar-refractivity contribution in [3.63, 3.8) is 0 Å². The van der Waals surface area contributed by atoms with Crippen LogP contribution in [0.5, 0.6) is 0 Å². The highest BCUT2D eigenvalue weighted by molar-refractivity contribution is 6.36. The van der Waals surface area contributed by atoms with Gasteiger partial charge in [0.15, 0.2) is 0 Å². The Morgan fingerprint density at radius 1 is 1.33 bits per heavy atom. The minimum atomic E-state index is 0.823. The maximum atomic E-state index is 6.24. The molecule has 0 aliphatic carbocycles. The van der Waals surface area contributed by atoms with Crippen LogP contribution in [0.2, 0.25) is 5.02 Å². The summed E-state index contributed by atoms with van der Waals surface area (Å²) in [5.74, 6) is 0. The number of fused-ring (bicyclic) bond motifs is 1. The Bertz CT molecular complexity index is 474. The van der Waals surface area contributed by atoms with Gasteiger partial charge in [-0.3, -0.25) is 0 Å². The predicted octanol–water partition coefficient (Wildman–Crippen LogP) is 3.75. The molecule has 1 N–H and O–H groups in total. The summed E-state index contributed by atoms with van der Waals surface area (Å²) in [6, 6.07) is 6.23. The van der Waals surface area contributed by atoms with Gasteiger partial charge in [0.25, 0.3) is 0 Å². The van der Waals surface area contributed by atoms with Gasteiger partial charge in [-0.25, -0.2) is 0 Å². The Labute approximate surface area is 94.8 Å². The lowest BCUT2D eigenvalue weighted by atomic mass is 10.2. The molecule has 0 spiro atoms. The third-order valence-corrected chi connectivity index (χ3v) is 2.85. The second-order valence-corrected chi connectivity index (χ2v) is 3.90. The zero-order valence-corrected chi connectivity index (χ0v) is 9.80. The van der Waals surface area contributed by atoms with Crippen molar-refractivity contribution in [2.24, 2.45) is 0 Å². The lowest BCUT2D eigenvalue weighted by molar-refractivity contribution is 0.798. The van der Waals surface area contributed by atoms with Crippen molar-refractivity contribution in [1.82, 2.24) is 4.57 Å². The fraction of sp³-hybridized carbons (Fsp3) is 0.333. The van der Waals surface area contributed by atoms with Gasteiger partial charge < -0.3 is 9.88 Å². The zero-order chi connectivity index (χ0) is 10.8. The number of aromatic nitrogens is 1. The van der Waals surface area contributed by atoms with Gasteiger partial charge in [0, 0.05) is 30.4 Å². The quantitative estimate of drug-likeness (QED) is 0.837. The molecule has 0 saturated heterocycles. The summed E-state index contributed by atoms with van der Waals surface area (Å²) in [4.78, 5) is 0. The van der Waals surface area contributed by atoms with Crippen LogP contribution in [0.3, 0.4) is 0 Å². The summed E-state index contributed by atoms with van der Waals surface area (Å²) in [5.41, 5.74) is 2.31. The Balaban J connectivity index is 2.68. The average molecular weight is 223 g/mol. The van der Waals surface area contributed by atoms with Crippen LogP contribution in [0, 0.1) is 0 Å². The highest BCUT2D eigenvalue weighted by Gasteiger charge is 2.09. The van der Waals surface area contributed by atoms with Gasteiger partial charge in [-0.05, 0) is 26.0 Å². The number of hydrogen-bond acceptors (Lipinski definition) is 1. The Morgan fingerprint density at radius 2 is 2.13 bits per heavy atom. The fourth-order valence-electron chi connectivity index (χ4n) is 1.90. The molecule has 0 bridgehead atoms. The smallest absolute Gasteiger partial charge is 0.0682 e. The number of nitrogens with one attached hydrogen (secondary N) is 1. The first kappa shape index (κ1) is 10.4. The van der Waals surface area contributed by atoms with Crippen molar-refractivity contribution in [2.45, 2.75) is 20.4 Å². The molecule has 3 heteroatoms. The molecule has 2 nitrogen and oxygen atoms in total. The molecule has 0 fully saturated rings. The maximum absolute atomic E-state index is 6.24. The minimum Gasteiger partial charge on any atom is -0.385 e. The second-order valence-electron chi connectivity index (χ2n) is 3.49. The van der Waals surface area contributed by atoms with Crippen LogP contribution in [0.15, 0.2) is 24.4 Å². The van der Waals surface area contributed by atoms with Crippen LogP contribution in [-0.4, -0.2) is 11.1 Å². The Morgan fingerprint density at radius 3 is 2.80 bits per heavy atom. The Hall–Kier alpha value is -1.15. The molecule has 2 rings (SSSR count). The lowest BCUT2D eigenvalue weighted by Gasteiger charge is -2.06. The first-order valence-corrected chi connectivity index (χ1v) is 5.67. The highest BCUT2D eigenvalue weighted by atomic mass is 35.5. The third-order valence-electron chi connectivity index (χ3n) is 2.57. The van der Waals surface area contributed by atoms with Crippen LogP contribution in [0.25, 0.3) is 10.9 Å². The van der Waals surface area contributed by atoms with E-state index in [-0.39, 0.29) is 0 Å². The molecule has 1 aromatic carbocycles. The second kappa shape index (κ2) is 4.15. The first-order chi connectivity index (χ1) is 7.27. The number of nitrogens with zero attached hydrogens (tertiary/aromatic N) is 1. The molecule has 0 atom stereocenters. The van der Waals surface area contributed by atoms with Gasteiger partial charge in [-0.1, -0.05) is 17.7 Å². The van der Waals surface area contributed by atoms with E-state index < -0.39 is 0 Å². The molecule has 0 aliphatic rings. The average Bonchev–Trinajstić information content (AvgIpc) is 2.57. The normalized spacial score (nSPS) is 10.9. The summed E-state index contributed by atoms with van der Waals surface area (Å²) in [5, 5.41) is 5.28. The van der Waals surface area contributed by atoms with E-state index in [9.17, 15) is 0 Å². The molecule has 2 aromatic rings. The summed E-state index contributed by atoms with van der Waals surface area (Å²) >= 11 is 6.24. The number of anilines is 1. The molecule has 0 radical (unpaired) electrons. The van der Waals surface area contributed by atoms with Gasteiger partial charge in [-0.2, -0.15) is 0 Å². The number of aryl methyl sites for hydroxylation is 1. The molecular weight excluding hydrogens is 208 g/mol. The van der Waals surface area contributed by atoms with E-state index in [0.717, 1.165) is 29.2 Å². The standard InChI is InChI=1S/C12H15ClN2/c1-3-14-10-6-5-7-11-12(10)9(13)8-15(11)4-2/h5-8,14H,3-4H2,1-2H3. The third kappa shape index (κ3) is 1.70. The zero-order valence-electron chi connectivity index (χ0n) is 9.05. The molecule has 80 valence electrons. The molecule has 0 amide bonds. The minimum absolute atomic E-state index is 0.823. The lowest BCUT2D eigenvalue weighted by Crippen LogP contribution is -1.97. The van der Waals surface area contributed by atoms with Crippen molar-refractivity contribution in [3.05, 3.63) is 29.4 Å². The van der Waals surface area contributed by atoms with Crippen molar-refractivity contribution in [3.8, 4) is 0 Å². The fourth-order valence-corrected chi connectivity index (χ4v) is 2.22. The first-order valence-electron chi connectivity index (χ1n) is 5.29. The van der Waals surface area contributed by atoms with E-state index >= 15 is 0 Å². The summed E-state index contributed by atoms with van der Waals surface area (Å²) in [6.07, 6.45) is 1.99. The van der Waals surface area contributed by atoms with E-state index in [2.05, 4.69) is 41.9 Å². The van der Waals surface area contributed by atoms with Crippen LogP contribution >= 0.6 is 11.6 Å². The molecule has 15 heavy (non-hydrogen) atoms. The van der Waals surface area contributed by atoms with E-state index in [1.807, 2.05) is 6.20 Å². The monoisotopic (exact) mass is 222 g/mol. The summed E-state index contributed by atoms with van der Waals surface area (Å²) in [7, 11) is 0. The number of hydrogen-bond donors (Lipinski definition) is 1. The van der Waals surface area contributed by atoms with Crippen LogP contribution in [0.4, 0.5) is 5.69 Å². The van der Waals surface area contributed by atoms with Gasteiger partial charge in [-0.15, -0.1) is 0 Å². The molecule has 0 unspecified atom stereocenters. The van der Waals surface area contributed by atoms with Gasteiger partial charge in [0.1, 0.15) is 0 Å². The van der Waals surface area contributed by atoms with Gasteiger partial charge in [0.05, 0.1) is 10.5 Å². The van der Waals surface area contributed by atoms with E-state index in [1.165, 1.54) is 5.52 Å². The van der Waals surface area contributed by atoms with Gasteiger partial charge >= 0.3 is 0 Å². The van der Waals surface area contributed by atoms with E-state index in [1.54, 1.807) is 0 Å². The summed E-state index contributed by atoms with van der Waals surface area (Å²) in [6.45, 7) is 6.06. The number of halogens is 1. The van der Waals surface area contributed by atoms with Crippen LogP contribution < -0.4 is 5.32 Å². The van der Waals surface area contributed by atoms with Gasteiger partial charge in [0.2, 0.25) is 0 Å². The number of benzene rings is 1. The van der Waals surface area contributed by atoms with E-state index in [0.29, 0.717) is 0 Å². The largest absolute Gasteiger partial charge is 0.385 e. The molecular formula is C12H15ClN2. The van der Waals surface area contributed by atoms with E-state index in [4.69, 9.17) is 11.6 Å². The number of rotatable bonds is 3. The van der Waals surface area contributed by atoms with Crippen molar-refractivity contribution in [2.75, 3.05) is 11.9 Å². The predicted molar refractivity (Wildman–Crippen MR) is 66.8 cm³/mol. The SMILES string of the molecule is CCNc1cccc2c1c(Cl)cn2CC. The van der Waals surface area contributed by atoms with Crippen molar-refractivity contribution >= 4 is 28.2 Å². The highest BCUT2D eigenvalue weighted by Crippen LogP contribution is 2.32. The molecule has 0 aliphatic heterocycles. The molecule has 1 heterocycles. The van der Waals surface area contributed by atoms with Crippen molar-refractivity contribution in [1.29, 1.82) is 0 Å². The maximum Gasteiger partial charge on any atom is 0.0682 e. The Kier molecular flexibility index (Phi) is 2.87. The topological polar surface area (TPSA) is 17.0 Å². The summed E-state index contributed by atoms with van der Waals surface area (Å²) < 4.78 is 2.17. The molecule has 1 aromatic heterocycles. The van der Waals surface area contributed by atoms with Crippen LogP contribution in [0.1, 0.15) is 13.8 Å². The molecule has 0 saturated carbocycles. The van der Waals surface area contributed by atoms with Crippen molar-refractivity contribution < 1.29 is 0 Å².